The Labute approximate surface area is 127 Å². The van der Waals surface area contributed by atoms with Crippen molar-refractivity contribution in [2.75, 3.05) is 13.1 Å². The minimum Gasteiger partial charge on any atom is -0.355 e. The average molecular weight is 289 g/mol. The molecule has 3 N–H and O–H groups in total. The first-order valence-corrected chi connectivity index (χ1v) is 7.87. The summed E-state index contributed by atoms with van der Waals surface area (Å²) in [6.45, 7) is 6.88. The van der Waals surface area contributed by atoms with Gasteiger partial charge in [-0.3, -0.25) is 9.69 Å². The number of hydrogen-bond acceptors (Lipinski definition) is 3. The van der Waals surface area contributed by atoms with Gasteiger partial charge in [0.15, 0.2) is 0 Å². The lowest BCUT2D eigenvalue weighted by Crippen LogP contribution is -2.39. The van der Waals surface area contributed by atoms with Gasteiger partial charge in [-0.25, -0.2) is 0 Å². The topological polar surface area (TPSA) is 58.4 Å². The smallest absolute Gasteiger partial charge is 0.236 e. The van der Waals surface area contributed by atoms with Crippen molar-refractivity contribution in [2.45, 2.75) is 45.3 Å². The van der Waals surface area contributed by atoms with E-state index in [9.17, 15) is 4.79 Å². The maximum Gasteiger partial charge on any atom is 0.236 e. The number of carbonyl (C=O) groups is 1. The van der Waals surface area contributed by atoms with Gasteiger partial charge < -0.3 is 11.1 Å². The molecule has 1 heterocycles. The summed E-state index contributed by atoms with van der Waals surface area (Å²) in [6.07, 6.45) is 2.25. The van der Waals surface area contributed by atoms with Crippen LogP contribution < -0.4 is 11.1 Å². The van der Waals surface area contributed by atoms with Gasteiger partial charge in [-0.1, -0.05) is 30.3 Å². The van der Waals surface area contributed by atoms with Gasteiger partial charge in [-0.2, -0.15) is 0 Å². The highest BCUT2D eigenvalue weighted by molar-refractivity contribution is 5.80. The van der Waals surface area contributed by atoms with Crippen molar-refractivity contribution in [2.24, 2.45) is 11.7 Å². The van der Waals surface area contributed by atoms with E-state index in [-0.39, 0.29) is 5.91 Å². The fraction of sp³-hybridized carbons (Fsp3) is 0.588. The number of amides is 1. The van der Waals surface area contributed by atoms with Crippen molar-refractivity contribution in [3.05, 3.63) is 35.9 Å². The van der Waals surface area contributed by atoms with Crippen molar-refractivity contribution >= 4 is 5.91 Å². The first kappa shape index (κ1) is 16.0. The maximum atomic E-state index is 11.4. The van der Waals surface area contributed by atoms with Gasteiger partial charge in [0.05, 0.1) is 6.04 Å². The van der Waals surface area contributed by atoms with Crippen molar-refractivity contribution in [1.82, 2.24) is 10.2 Å². The Kier molecular flexibility index (Phi) is 5.76. The molecule has 4 heteroatoms. The number of likely N-dealkylation sites (tertiary alicyclic amines) is 1. The lowest BCUT2D eigenvalue weighted by atomic mass is 10.0. The molecule has 1 aromatic rings. The van der Waals surface area contributed by atoms with Gasteiger partial charge in [-0.05, 0) is 38.2 Å². The first-order chi connectivity index (χ1) is 10.1. The number of nitrogens with one attached hydrogen (secondary N) is 1. The molecule has 0 spiro atoms. The number of benzene rings is 1. The van der Waals surface area contributed by atoms with E-state index in [0.717, 1.165) is 26.1 Å². The summed E-state index contributed by atoms with van der Waals surface area (Å²) in [5.74, 6) is 0.610. The van der Waals surface area contributed by atoms with Gasteiger partial charge in [0.25, 0.3) is 0 Å². The highest BCUT2D eigenvalue weighted by atomic mass is 16.2. The molecule has 1 fully saturated rings. The van der Waals surface area contributed by atoms with E-state index in [2.05, 4.69) is 47.5 Å². The van der Waals surface area contributed by atoms with Crippen molar-refractivity contribution in [1.29, 1.82) is 0 Å². The second-order valence-electron chi connectivity index (χ2n) is 6.23. The van der Waals surface area contributed by atoms with Crippen molar-refractivity contribution in [3.63, 3.8) is 0 Å². The van der Waals surface area contributed by atoms with E-state index in [0.29, 0.717) is 12.0 Å². The van der Waals surface area contributed by atoms with E-state index in [1.807, 2.05) is 0 Å². The van der Waals surface area contributed by atoms with Crippen LogP contribution in [0.25, 0.3) is 0 Å². The number of rotatable bonds is 6. The van der Waals surface area contributed by atoms with E-state index in [4.69, 9.17) is 5.73 Å². The summed E-state index contributed by atoms with van der Waals surface area (Å²) >= 11 is 0. The zero-order chi connectivity index (χ0) is 15.2. The largest absolute Gasteiger partial charge is 0.355 e. The van der Waals surface area contributed by atoms with Crippen LogP contribution in [0.1, 0.15) is 32.3 Å². The molecule has 116 valence electrons. The Morgan fingerprint density at radius 3 is 2.81 bits per heavy atom. The van der Waals surface area contributed by atoms with Crippen LogP contribution >= 0.6 is 0 Å². The van der Waals surface area contributed by atoms with Crippen LogP contribution in [0.15, 0.2) is 30.3 Å². The summed E-state index contributed by atoms with van der Waals surface area (Å²) in [6, 6.07) is 10.8. The Hall–Kier alpha value is -1.39. The molecule has 21 heavy (non-hydrogen) atoms. The summed E-state index contributed by atoms with van der Waals surface area (Å²) < 4.78 is 0. The van der Waals surface area contributed by atoms with Gasteiger partial charge in [0.2, 0.25) is 5.91 Å². The van der Waals surface area contributed by atoms with E-state index >= 15 is 0 Å². The van der Waals surface area contributed by atoms with Gasteiger partial charge in [-0.15, -0.1) is 0 Å². The monoisotopic (exact) mass is 289 g/mol. The number of carbonyl (C=O) groups excluding carboxylic acids is 1. The zero-order valence-electron chi connectivity index (χ0n) is 13.1. The fourth-order valence-electron chi connectivity index (χ4n) is 3.03. The molecule has 0 aliphatic carbocycles. The van der Waals surface area contributed by atoms with Crippen molar-refractivity contribution in [3.8, 4) is 0 Å². The molecule has 4 nitrogen and oxygen atoms in total. The molecule has 0 aromatic heterocycles. The molecule has 3 atom stereocenters. The fourth-order valence-corrected chi connectivity index (χ4v) is 3.03. The van der Waals surface area contributed by atoms with Crippen LogP contribution in [0, 0.1) is 5.92 Å². The summed E-state index contributed by atoms with van der Waals surface area (Å²) in [5, 5.41) is 2.91. The summed E-state index contributed by atoms with van der Waals surface area (Å²) in [7, 11) is 0. The molecule has 1 aromatic carbocycles. The minimum atomic E-state index is -0.415. The number of nitrogens with two attached hydrogens (primary N) is 1. The molecular formula is C17H27N3O. The van der Waals surface area contributed by atoms with Gasteiger partial charge in [0, 0.05) is 25.7 Å². The Morgan fingerprint density at radius 2 is 2.14 bits per heavy atom. The van der Waals surface area contributed by atoms with Crippen molar-refractivity contribution < 1.29 is 4.79 Å². The third-order valence-electron chi connectivity index (χ3n) is 4.28. The molecule has 2 rings (SSSR count). The minimum absolute atomic E-state index is 0.0535. The van der Waals surface area contributed by atoms with Gasteiger partial charge in [0.1, 0.15) is 0 Å². The number of hydrogen-bond donors (Lipinski definition) is 2. The zero-order valence-corrected chi connectivity index (χ0v) is 13.1. The first-order valence-electron chi connectivity index (χ1n) is 7.87. The van der Waals surface area contributed by atoms with Crippen LogP contribution in [0.4, 0.5) is 0 Å². The lowest BCUT2D eigenvalue weighted by molar-refractivity contribution is -0.122. The van der Waals surface area contributed by atoms with Crippen LogP contribution in [0.2, 0.25) is 0 Å². The quantitative estimate of drug-likeness (QED) is 0.839. The lowest BCUT2D eigenvalue weighted by Gasteiger charge is -2.21. The normalized spacial score (nSPS) is 24.0. The molecule has 1 aliphatic rings. The molecule has 0 radical (unpaired) electrons. The highest BCUT2D eigenvalue weighted by Gasteiger charge is 2.28. The predicted octanol–water partition coefficient (Wildman–Crippen LogP) is 1.75. The molecule has 1 saturated heterocycles. The van der Waals surface area contributed by atoms with Crippen LogP contribution in [-0.4, -0.2) is 36.0 Å². The van der Waals surface area contributed by atoms with Crippen LogP contribution in [0.3, 0.4) is 0 Å². The second kappa shape index (κ2) is 7.57. The standard InChI is InChI=1S/C17H27N3O/c1-13-10-16(8-9-19-17(21)14(2)18)12-20(13)11-15-6-4-3-5-7-15/h3-7,13-14,16H,8-12,18H2,1-2H3,(H,19,21)/t13?,14-,16?/m1/s1. The van der Waals surface area contributed by atoms with Gasteiger partial charge >= 0.3 is 0 Å². The Morgan fingerprint density at radius 1 is 1.43 bits per heavy atom. The average Bonchev–Trinajstić information content (AvgIpc) is 2.80. The number of nitrogens with zero attached hydrogens (tertiary/aromatic N) is 1. The predicted molar refractivity (Wildman–Crippen MR) is 85.7 cm³/mol. The third-order valence-corrected chi connectivity index (χ3v) is 4.28. The molecular weight excluding hydrogens is 262 g/mol. The van der Waals surface area contributed by atoms with E-state index < -0.39 is 6.04 Å². The highest BCUT2D eigenvalue weighted by Crippen LogP contribution is 2.26. The summed E-state index contributed by atoms with van der Waals surface area (Å²) in [5.41, 5.74) is 6.91. The van der Waals surface area contributed by atoms with E-state index in [1.54, 1.807) is 6.92 Å². The van der Waals surface area contributed by atoms with Crippen LogP contribution in [-0.2, 0) is 11.3 Å². The molecule has 2 unspecified atom stereocenters. The molecule has 1 amide bonds. The molecule has 1 aliphatic heterocycles. The Balaban J connectivity index is 1.75. The second-order valence-corrected chi connectivity index (χ2v) is 6.23. The summed E-state index contributed by atoms with van der Waals surface area (Å²) in [4.78, 5) is 14.0. The maximum absolute atomic E-state index is 11.4. The molecule has 0 saturated carbocycles. The SMILES string of the molecule is CC1CC(CCNC(=O)[C@@H](C)N)CN1Cc1ccccc1. The van der Waals surface area contributed by atoms with E-state index in [1.165, 1.54) is 12.0 Å². The third kappa shape index (κ3) is 4.83. The Bertz CT molecular complexity index is 447. The molecule has 0 bridgehead atoms. The van der Waals surface area contributed by atoms with Crippen LogP contribution in [0.5, 0.6) is 0 Å².